The van der Waals surface area contributed by atoms with E-state index in [9.17, 15) is 80.2 Å². The molecular formula is C16H12F15NO5. The summed E-state index contributed by atoms with van der Waals surface area (Å²) in [5.41, 5.74) is 0. The zero-order valence-corrected chi connectivity index (χ0v) is 17.2. The van der Waals surface area contributed by atoms with Gasteiger partial charge < -0.3 is 15.2 Å². The minimum atomic E-state index is -8.60. The Bertz CT molecular complexity index is 884. The van der Waals surface area contributed by atoms with Crippen molar-refractivity contribution in [1.29, 1.82) is 0 Å². The van der Waals surface area contributed by atoms with E-state index >= 15 is 0 Å². The summed E-state index contributed by atoms with van der Waals surface area (Å²) in [6.07, 6.45) is -9.21. The molecule has 0 aliphatic rings. The number of esters is 1. The maximum atomic E-state index is 13.8. The number of aliphatic carboxylic acids is 1. The molecule has 0 aliphatic heterocycles. The van der Waals surface area contributed by atoms with Crippen LogP contribution < -0.4 is 5.32 Å². The number of ether oxygens (including phenoxy) is 1. The van der Waals surface area contributed by atoms with Gasteiger partial charge in [0.05, 0.1) is 0 Å². The number of carboxylic acid groups (broad SMARTS) is 1. The van der Waals surface area contributed by atoms with Crippen molar-refractivity contribution in [2.45, 2.75) is 60.6 Å². The fraction of sp³-hybridized carbons (Fsp3) is 0.688. The standard InChI is InChI=1S/C16H12F15NO5/c1-2-5-37-7(33)4-3-6(8(34)35)32-9(36)10(17,18)11(19,20)12(21,22)13(23,24)14(25,26)15(27,28)16(29,30)31/h2,6H,1,3-5H2,(H,32,36)(H,34,35). The molecule has 0 heterocycles. The summed E-state index contributed by atoms with van der Waals surface area (Å²) in [4.78, 5) is 33.6. The first kappa shape index (κ1) is 34.1. The molecule has 0 aromatic rings. The number of hydrogen-bond donors (Lipinski definition) is 2. The maximum absolute atomic E-state index is 13.8. The highest BCUT2D eigenvalue weighted by Crippen LogP contribution is 2.62. The average molecular weight is 583 g/mol. The third kappa shape index (κ3) is 5.83. The van der Waals surface area contributed by atoms with Crippen molar-refractivity contribution in [2.75, 3.05) is 6.61 Å². The van der Waals surface area contributed by atoms with Crippen LogP contribution in [0.25, 0.3) is 0 Å². The molecule has 1 amide bonds. The zero-order valence-electron chi connectivity index (χ0n) is 17.2. The van der Waals surface area contributed by atoms with Crippen LogP contribution in [-0.4, -0.2) is 77.3 Å². The van der Waals surface area contributed by atoms with Crippen molar-refractivity contribution >= 4 is 17.8 Å². The molecule has 216 valence electrons. The van der Waals surface area contributed by atoms with Gasteiger partial charge in [0.2, 0.25) is 0 Å². The maximum Gasteiger partial charge on any atom is 0.460 e. The summed E-state index contributed by atoms with van der Waals surface area (Å²) in [7, 11) is 0. The molecule has 1 atom stereocenters. The van der Waals surface area contributed by atoms with Gasteiger partial charge in [0.15, 0.2) is 0 Å². The van der Waals surface area contributed by atoms with E-state index in [0.29, 0.717) is 5.32 Å². The molecule has 1 unspecified atom stereocenters. The van der Waals surface area contributed by atoms with Gasteiger partial charge in [-0.2, -0.15) is 65.9 Å². The quantitative estimate of drug-likeness (QED) is 0.190. The minimum absolute atomic E-state index is 0.401. The van der Waals surface area contributed by atoms with Gasteiger partial charge in [-0.15, -0.1) is 0 Å². The number of hydrogen-bond acceptors (Lipinski definition) is 4. The first-order valence-electron chi connectivity index (χ1n) is 8.82. The molecule has 2 N–H and O–H groups in total. The van der Waals surface area contributed by atoms with Gasteiger partial charge in [-0.1, -0.05) is 12.7 Å². The second kappa shape index (κ2) is 10.5. The van der Waals surface area contributed by atoms with Crippen LogP contribution in [0.4, 0.5) is 65.9 Å². The molecule has 0 aliphatic carbocycles. The van der Waals surface area contributed by atoms with E-state index in [-0.39, 0.29) is 0 Å². The molecule has 0 radical (unpaired) electrons. The van der Waals surface area contributed by atoms with Crippen LogP contribution in [-0.2, 0) is 19.1 Å². The van der Waals surface area contributed by atoms with E-state index in [0.717, 1.165) is 6.08 Å². The summed E-state index contributed by atoms with van der Waals surface area (Å²) < 4.78 is 201. The number of carbonyl (C=O) groups is 3. The van der Waals surface area contributed by atoms with Crippen molar-refractivity contribution in [1.82, 2.24) is 5.32 Å². The van der Waals surface area contributed by atoms with Crippen LogP contribution in [0.1, 0.15) is 12.8 Å². The summed E-state index contributed by atoms with van der Waals surface area (Å²) in [6.45, 7) is 2.59. The second-order valence-corrected chi connectivity index (χ2v) is 6.82. The lowest BCUT2D eigenvalue weighted by molar-refractivity contribution is -0.449. The van der Waals surface area contributed by atoms with E-state index in [4.69, 9.17) is 5.11 Å². The molecule has 0 saturated carbocycles. The summed E-state index contributed by atoms with van der Waals surface area (Å²) in [5.74, 6) is -56.9. The Morgan fingerprint density at radius 1 is 0.757 bits per heavy atom. The second-order valence-electron chi connectivity index (χ2n) is 6.82. The highest BCUT2D eigenvalue weighted by Gasteiger charge is 2.94. The molecule has 0 spiro atoms. The third-order valence-electron chi connectivity index (χ3n) is 4.22. The Kier molecular flexibility index (Phi) is 9.64. The van der Waals surface area contributed by atoms with Crippen LogP contribution in [0.5, 0.6) is 0 Å². The van der Waals surface area contributed by atoms with Gasteiger partial charge in [0, 0.05) is 6.42 Å². The Morgan fingerprint density at radius 2 is 1.16 bits per heavy atom. The fourth-order valence-corrected chi connectivity index (χ4v) is 2.10. The van der Waals surface area contributed by atoms with Crippen molar-refractivity contribution < 1.29 is 90.1 Å². The summed E-state index contributed by atoms with van der Waals surface area (Å²) in [5, 5.41) is 9.17. The molecule has 21 heteroatoms. The molecule has 0 aromatic heterocycles. The number of alkyl halides is 15. The molecule has 37 heavy (non-hydrogen) atoms. The number of rotatable bonds is 13. The van der Waals surface area contributed by atoms with Crippen molar-refractivity contribution in [3.05, 3.63) is 12.7 Å². The van der Waals surface area contributed by atoms with Gasteiger partial charge in [-0.3, -0.25) is 9.59 Å². The Morgan fingerprint density at radius 3 is 1.54 bits per heavy atom. The normalized spacial score (nSPS) is 15.1. The molecule has 0 rings (SSSR count). The number of amides is 1. The van der Waals surface area contributed by atoms with E-state index in [1.807, 2.05) is 0 Å². The fourth-order valence-electron chi connectivity index (χ4n) is 2.10. The van der Waals surface area contributed by atoms with Crippen LogP contribution in [0.2, 0.25) is 0 Å². The largest absolute Gasteiger partial charge is 0.480 e. The SMILES string of the molecule is C=CCOC(=O)CCC(NC(=O)C(F)(F)C(F)(F)C(F)(F)C(F)(F)C(F)(F)C(F)(F)C(F)(F)F)C(=O)O. The number of nitrogens with one attached hydrogen (secondary N) is 1. The Labute approximate surface area is 194 Å². The average Bonchev–Trinajstić information content (AvgIpc) is 2.72. The zero-order chi connectivity index (χ0) is 30.1. The van der Waals surface area contributed by atoms with E-state index in [1.165, 1.54) is 0 Å². The smallest absolute Gasteiger partial charge is 0.460 e. The van der Waals surface area contributed by atoms with Crippen molar-refractivity contribution in [2.24, 2.45) is 0 Å². The first-order chi connectivity index (χ1) is 16.2. The Hall–Kier alpha value is -2.90. The topological polar surface area (TPSA) is 92.7 Å². The van der Waals surface area contributed by atoms with Crippen LogP contribution in [0, 0.1) is 0 Å². The lowest BCUT2D eigenvalue weighted by atomic mass is 9.90. The van der Waals surface area contributed by atoms with Crippen molar-refractivity contribution in [3.8, 4) is 0 Å². The summed E-state index contributed by atoms with van der Waals surface area (Å²) >= 11 is 0. The van der Waals surface area contributed by atoms with Gasteiger partial charge in [-0.05, 0) is 6.42 Å². The van der Waals surface area contributed by atoms with Crippen LogP contribution in [0.3, 0.4) is 0 Å². The van der Waals surface area contributed by atoms with E-state index in [1.54, 1.807) is 0 Å². The van der Waals surface area contributed by atoms with Gasteiger partial charge in [0.25, 0.3) is 5.91 Å². The van der Waals surface area contributed by atoms with E-state index in [2.05, 4.69) is 11.3 Å². The van der Waals surface area contributed by atoms with Crippen LogP contribution in [0.15, 0.2) is 12.7 Å². The van der Waals surface area contributed by atoms with Gasteiger partial charge in [-0.25, -0.2) is 4.79 Å². The molecular weight excluding hydrogens is 571 g/mol. The van der Waals surface area contributed by atoms with Gasteiger partial charge in [0.1, 0.15) is 12.6 Å². The monoisotopic (exact) mass is 583 g/mol. The lowest BCUT2D eigenvalue weighted by Crippen LogP contribution is -2.74. The first-order valence-corrected chi connectivity index (χ1v) is 8.82. The third-order valence-corrected chi connectivity index (χ3v) is 4.22. The molecule has 0 saturated heterocycles. The van der Waals surface area contributed by atoms with Gasteiger partial charge >= 0.3 is 53.7 Å². The molecule has 0 bridgehead atoms. The van der Waals surface area contributed by atoms with Crippen LogP contribution >= 0.6 is 0 Å². The Balaban J connectivity index is 6.24. The number of carbonyl (C=O) groups excluding carboxylic acids is 2. The lowest BCUT2D eigenvalue weighted by Gasteiger charge is -2.41. The molecule has 0 fully saturated rings. The van der Waals surface area contributed by atoms with Crippen molar-refractivity contribution in [3.63, 3.8) is 0 Å². The molecule has 6 nitrogen and oxygen atoms in total. The highest BCUT2D eigenvalue weighted by atomic mass is 19.4. The predicted octanol–water partition coefficient (Wildman–Crippen LogP) is 4.44. The number of carboxylic acids is 1. The van der Waals surface area contributed by atoms with E-state index < -0.39 is 85.0 Å². The number of halogens is 15. The molecule has 0 aromatic carbocycles. The predicted molar refractivity (Wildman–Crippen MR) is 85.7 cm³/mol. The minimum Gasteiger partial charge on any atom is -0.480 e. The summed E-state index contributed by atoms with van der Waals surface area (Å²) in [6, 6.07) is -2.85. The highest BCUT2D eigenvalue weighted by molar-refractivity contribution is 5.89.